The second-order valence-corrected chi connectivity index (χ2v) is 7.00. The number of hydrogen-bond acceptors (Lipinski definition) is 5. The van der Waals surface area contributed by atoms with Gasteiger partial charge in [0.2, 0.25) is 0 Å². The van der Waals surface area contributed by atoms with Gasteiger partial charge in [-0.3, -0.25) is 0 Å². The molecule has 0 atom stereocenters. The fourth-order valence-corrected chi connectivity index (χ4v) is 2.65. The molecule has 2 aromatic heterocycles. The van der Waals surface area contributed by atoms with Gasteiger partial charge >= 0.3 is 0 Å². The van der Waals surface area contributed by atoms with Gasteiger partial charge in [0, 0.05) is 24.2 Å². The summed E-state index contributed by atoms with van der Waals surface area (Å²) < 4.78 is 0. The van der Waals surface area contributed by atoms with E-state index >= 15 is 0 Å². The van der Waals surface area contributed by atoms with E-state index in [2.05, 4.69) is 41.0 Å². The van der Waals surface area contributed by atoms with E-state index in [9.17, 15) is 0 Å². The van der Waals surface area contributed by atoms with Crippen LogP contribution in [0.1, 0.15) is 33.5 Å². The summed E-state index contributed by atoms with van der Waals surface area (Å²) in [7, 11) is 0. The molecule has 21 heavy (non-hydrogen) atoms. The highest BCUT2D eigenvalue weighted by atomic mass is 35.5. The van der Waals surface area contributed by atoms with Crippen LogP contribution in [-0.2, 0) is 5.41 Å². The number of pyridine rings is 1. The highest BCUT2D eigenvalue weighted by Crippen LogP contribution is 2.32. The van der Waals surface area contributed by atoms with Crippen molar-refractivity contribution in [2.75, 3.05) is 11.9 Å². The van der Waals surface area contributed by atoms with Gasteiger partial charge in [0.1, 0.15) is 21.7 Å². The molecule has 0 aliphatic carbocycles. The van der Waals surface area contributed by atoms with Crippen molar-refractivity contribution in [2.45, 2.75) is 43.2 Å². The van der Waals surface area contributed by atoms with Gasteiger partial charge in [-0.25, -0.2) is 15.0 Å². The monoisotopic (exact) mass is 322 g/mol. The lowest BCUT2D eigenvalue weighted by Crippen LogP contribution is -2.17. The van der Waals surface area contributed by atoms with Crippen LogP contribution in [0, 0.1) is 0 Å². The van der Waals surface area contributed by atoms with Crippen LogP contribution in [0.3, 0.4) is 0 Å². The van der Waals surface area contributed by atoms with Crippen molar-refractivity contribution in [3.8, 4) is 0 Å². The molecule has 112 valence electrons. The van der Waals surface area contributed by atoms with Crippen LogP contribution in [0.4, 0.5) is 5.82 Å². The normalized spacial score (nSPS) is 11.5. The van der Waals surface area contributed by atoms with Crippen LogP contribution < -0.4 is 5.32 Å². The minimum Gasteiger partial charge on any atom is -0.370 e. The maximum atomic E-state index is 6.16. The van der Waals surface area contributed by atoms with Crippen LogP contribution in [0.25, 0.3) is 0 Å². The van der Waals surface area contributed by atoms with E-state index in [4.69, 9.17) is 11.6 Å². The largest absolute Gasteiger partial charge is 0.370 e. The smallest absolute Gasteiger partial charge is 0.137 e. The van der Waals surface area contributed by atoms with E-state index in [1.165, 1.54) is 11.8 Å². The molecule has 0 amide bonds. The van der Waals surface area contributed by atoms with Gasteiger partial charge in [0.15, 0.2) is 0 Å². The predicted octanol–water partition coefficient (Wildman–Crippen LogP) is 4.41. The topological polar surface area (TPSA) is 50.7 Å². The minimum atomic E-state index is -0.116. The summed E-state index contributed by atoms with van der Waals surface area (Å²) in [4.78, 5) is 13.5. The maximum absolute atomic E-state index is 6.16. The molecule has 0 unspecified atom stereocenters. The molecule has 0 aliphatic rings. The SMILES string of the molecule is CCNc1cc(Sc2ncccc2Cl)nc(C(C)(C)C)n1. The molecule has 2 aromatic rings. The lowest BCUT2D eigenvalue weighted by atomic mass is 9.96. The Bertz CT molecular complexity index is 625. The van der Waals surface area contributed by atoms with Crippen molar-refractivity contribution in [1.29, 1.82) is 0 Å². The highest BCUT2D eigenvalue weighted by Gasteiger charge is 2.19. The Morgan fingerprint density at radius 3 is 2.67 bits per heavy atom. The maximum Gasteiger partial charge on any atom is 0.137 e. The van der Waals surface area contributed by atoms with Crippen LogP contribution in [-0.4, -0.2) is 21.5 Å². The molecule has 0 radical (unpaired) electrons. The van der Waals surface area contributed by atoms with E-state index in [1.54, 1.807) is 6.20 Å². The average molecular weight is 323 g/mol. The first-order chi connectivity index (χ1) is 9.90. The summed E-state index contributed by atoms with van der Waals surface area (Å²) >= 11 is 7.61. The molecule has 4 nitrogen and oxygen atoms in total. The first kappa shape index (κ1) is 16.0. The Morgan fingerprint density at radius 1 is 1.29 bits per heavy atom. The molecular formula is C15H19ClN4S. The second kappa shape index (κ2) is 6.62. The summed E-state index contributed by atoms with van der Waals surface area (Å²) in [6.45, 7) is 9.15. The molecular weight excluding hydrogens is 304 g/mol. The quantitative estimate of drug-likeness (QED) is 0.845. The number of halogens is 1. The number of hydrogen-bond donors (Lipinski definition) is 1. The molecule has 6 heteroatoms. The molecule has 0 saturated carbocycles. The van der Waals surface area contributed by atoms with E-state index < -0.39 is 0 Å². The van der Waals surface area contributed by atoms with Gasteiger partial charge in [-0.15, -0.1) is 0 Å². The van der Waals surface area contributed by atoms with Gasteiger partial charge in [-0.05, 0) is 30.8 Å². The van der Waals surface area contributed by atoms with E-state index in [0.29, 0.717) is 5.02 Å². The van der Waals surface area contributed by atoms with Crippen molar-refractivity contribution in [1.82, 2.24) is 15.0 Å². The van der Waals surface area contributed by atoms with E-state index in [-0.39, 0.29) is 5.41 Å². The van der Waals surface area contributed by atoms with Crippen molar-refractivity contribution in [3.63, 3.8) is 0 Å². The first-order valence-corrected chi connectivity index (χ1v) is 8.01. The second-order valence-electron chi connectivity index (χ2n) is 5.59. The molecule has 0 fully saturated rings. The Morgan fingerprint density at radius 2 is 2.05 bits per heavy atom. The lowest BCUT2D eigenvalue weighted by Gasteiger charge is -2.18. The van der Waals surface area contributed by atoms with Crippen molar-refractivity contribution in [2.24, 2.45) is 0 Å². The molecule has 0 aliphatic heterocycles. The Balaban J connectivity index is 2.38. The molecule has 0 spiro atoms. The van der Waals surface area contributed by atoms with E-state index in [1.807, 2.05) is 25.1 Å². The Labute approximate surface area is 134 Å². The third kappa shape index (κ3) is 4.32. The Kier molecular flexibility index (Phi) is 5.06. The van der Waals surface area contributed by atoms with Gasteiger partial charge in [-0.1, -0.05) is 32.4 Å². The summed E-state index contributed by atoms with van der Waals surface area (Å²) in [5.74, 6) is 1.63. The van der Waals surface area contributed by atoms with Crippen LogP contribution >= 0.6 is 23.4 Å². The van der Waals surface area contributed by atoms with Crippen molar-refractivity contribution < 1.29 is 0 Å². The zero-order valence-corrected chi connectivity index (χ0v) is 14.2. The third-order valence-corrected chi connectivity index (χ3v) is 4.01. The van der Waals surface area contributed by atoms with Gasteiger partial charge in [-0.2, -0.15) is 0 Å². The van der Waals surface area contributed by atoms with Crippen molar-refractivity contribution in [3.05, 3.63) is 35.2 Å². The van der Waals surface area contributed by atoms with Crippen molar-refractivity contribution >= 4 is 29.2 Å². The molecule has 1 N–H and O–H groups in total. The average Bonchev–Trinajstić information content (AvgIpc) is 2.41. The zero-order valence-electron chi connectivity index (χ0n) is 12.6. The fourth-order valence-electron chi connectivity index (χ4n) is 1.63. The molecule has 0 aromatic carbocycles. The standard InChI is InChI=1S/C15H19ClN4S/c1-5-17-11-9-12(20-14(19-11)15(2,3)4)21-13-10(16)7-6-8-18-13/h6-9H,5H2,1-4H3,(H,17,19,20). The molecule has 2 heterocycles. The zero-order chi connectivity index (χ0) is 15.5. The Hall–Kier alpha value is -1.33. The predicted molar refractivity (Wildman–Crippen MR) is 88.3 cm³/mol. The summed E-state index contributed by atoms with van der Waals surface area (Å²) in [6, 6.07) is 5.57. The summed E-state index contributed by atoms with van der Waals surface area (Å²) in [6.07, 6.45) is 1.73. The van der Waals surface area contributed by atoms with Crippen LogP contribution in [0.2, 0.25) is 5.02 Å². The lowest BCUT2D eigenvalue weighted by molar-refractivity contribution is 0.539. The number of nitrogens with one attached hydrogen (secondary N) is 1. The van der Waals surface area contributed by atoms with E-state index in [0.717, 1.165) is 28.2 Å². The van der Waals surface area contributed by atoms with Crippen LogP contribution in [0.15, 0.2) is 34.4 Å². The summed E-state index contributed by atoms with van der Waals surface area (Å²) in [5.41, 5.74) is -0.116. The number of nitrogens with zero attached hydrogens (tertiary/aromatic N) is 3. The minimum absolute atomic E-state index is 0.116. The number of aromatic nitrogens is 3. The number of rotatable bonds is 4. The third-order valence-electron chi connectivity index (χ3n) is 2.66. The van der Waals surface area contributed by atoms with Gasteiger partial charge in [0.05, 0.1) is 5.02 Å². The fraction of sp³-hybridized carbons (Fsp3) is 0.400. The number of anilines is 1. The van der Waals surface area contributed by atoms with Crippen LogP contribution in [0.5, 0.6) is 0 Å². The molecule has 2 rings (SSSR count). The highest BCUT2D eigenvalue weighted by molar-refractivity contribution is 7.99. The van der Waals surface area contributed by atoms with Gasteiger partial charge in [0.25, 0.3) is 0 Å². The summed E-state index contributed by atoms with van der Waals surface area (Å²) in [5, 5.41) is 5.46. The molecule has 0 bridgehead atoms. The molecule has 0 saturated heterocycles. The first-order valence-electron chi connectivity index (χ1n) is 6.82. The van der Waals surface area contributed by atoms with Gasteiger partial charge < -0.3 is 5.32 Å².